The van der Waals surface area contributed by atoms with Gasteiger partial charge in [0.1, 0.15) is 17.9 Å². The quantitative estimate of drug-likeness (QED) is 0.477. The van der Waals surface area contributed by atoms with Gasteiger partial charge in [-0.1, -0.05) is 56.3 Å². The second-order valence-electron chi connectivity index (χ2n) is 9.73. The molecular formula is C29H34N2O5. The van der Waals surface area contributed by atoms with Crippen LogP contribution in [0.2, 0.25) is 0 Å². The first-order chi connectivity index (χ1) is 17.3. The molecule has 7 heteroatoms. The molecule has 0 saturated carbocycles. The van der Waals surface area contributed by atoms with Gasteiger partial charge in [0.25, 0.3) is 5.91 Å². The van der Waals surface area contributed by atoms with E-state index in [0.717, 1.165) is 22.1 Å². The van der Waals surface area contributed by atoms with Gasteiger partial charge in [0.05, 0.1) is 19.8 Å². The average Bonchev–Trinajstić information content (AvgIpc) is 3.26. The number of benzene rings is 3. The van der Waals surface area contributed by atoms with Crippen molar-refractivity contribution in [3.8, 4) is 5.75 Å². The third kappa shape index (κ3) is 6.22. The number of nitrogens with one attached hydrogen (secondary N) is 1. The molecule has 7 nitrogen and oxygen atoms in total. The molecule has 3 aromatic carbocycles. The van der Waals surface area contributed by atoms with Crippen LogP contribution in [0.5, 0.6) is 5.75 Å². The van der Waals surface area contributed by atoms with E-state index in [4.69, 9.17) is 9.47 Å². The Hall–Kier alpha value is -3.42. The van der Waals surface area contributed by atoms with Crippen LogP contribution in [0.3, 0.4) is 0 Å². The zero-order valence-electron chi connectivity index (χ0n) is 21.0. The molecule has 1 heterocycles. The molecule has 0 radical (unpaired) electrons. The normalized spacial score (nSPS) is 18.4. The van der Waals surface area contributed by atoms with Crippen molar-refractivity contribution in [1.82, 2.24) is 10.2 Å². The predicted octanol–water partition coefficient (Wildman–Crippen LogP) is 3.78. The van der Waals surface area contributed by atoms with Gasteiger partial charge in [0, 0.05) is 18.7 Å². The number of β-amino-alcohol motifs (C(OH)–C–C–N with tert-alkyl or cyclic N) is 1. The lowest BCUT2D eigenvalue weighted by atomic mass is 10.0. The van der Waals surface area contributed by atoms with Crippen LogP contribution in [0.1, 0.15) is 36.2 Å². The Bertz CT molecular complexity index is 1210. The van der Waals surface area contributed by atoms with Gasteiger partial charge in [0.15, 0.2) is 0 Å². The number of fused-ring (bicyclic) bond motifs is 1. The molecule has 0 aromatic heterocycles. The summed E-state index contributed by atoms with van der Waals surface area (Å²) in [6.45, 7) is 4.77. The number of hydrogen-bond donors (Lipinski definition) is 2. The largest absolute Gasteiger partial charge is 0.497 e. The Balaban J connectivity index is 1.40. The highest BCUT2D eigenvalue weighted by Gasteiger charge is 2.38. The topological polar surface area (TPSA) is 88.1 Å². The molecule has 1 aliphatic heterocycles. The molecule has 190 valence electrons. The van der Waals surface area contributed by atoms with E-state index in [1.807, 2.05) is 74.5 Å². The maximum Gasteiger partial charge on any atom is 0.251 e. The standard InChI is InChI=1S/C29H34N2O5/c1-19(2)13-25(30-28(33)23-12-11-21-8-4-5-9-22(21)15-23)29(34)31-16-26(32)27(17-31)36-18-20-7-6-10-24(14-20)35-3/h4-12,14-15,19,25-27,32H,13,16-18H2,1-3H3,(H,30,33)/t25-,26?,27?/m0/s1. The first-order valence-corrected chi connectivity index (χ1v) is 12.3. The highest BCUT2D eigenvalue weighted by atomic mass is 16.5. The van der Waals surface area contributed by atoms with Gasteiger partial charge in [-0.25, -0.2) is 0 Å². The lowest BCUT2D eigenvalue weighted by Crippen LogP contribution is -2.49. The molecule has 3 atom stereocenters. The van der Waals surface area contributed by atoms with E-state index < -0.39 is 18.2 Å². The van der Waals surface area contributed by atoms with Crippen molar-refractivity contribution >= 4 is 22.6 Å². The van der Waals surface area contributed by atoms with E-state index in [9.17, 15) is 14.7 Å². The van der Waals surface area contributed by atoms with Crippen LogP contribution in [-0.2, 0) is 16.1 Å². The maximum absolute atomic E-state index is 13.4. The van der Waals surface area contributed by atoms with Gasteiger partial charge in [-0.05, 0) is 52.9 Å². The van der Waals surface area contributed by atoms with Crippen molar-refractivity contribution in [2.24, 2.45) is 5.92 Å². The number of rotatable bonds is 9. The van der Waals surface area contributed by atoms with Crippen molar-refractivity contribution in [1.29, 1.82) is 0 Å². The third-order valence-corrected chi connectivity index (χ3v) is 6.47. The monoisotopic (exact) mass is 490 g/mol. The molecule has 1 saturated heterocycles. The fourth-order valence-electron chi connectivity index (χ4n) is 4.55. The highest BCUT2D eigenvalue weighted by Crippen LogP contribution is 2.21. The SMILES string of the molecule is COc1cccc(COC2CN(C(=O)[C@H](CC(C)C)NC(=O)c3ccc4ccccc4c3)CC2O)c1. The number of amides is 2. The van der Waals surface area contributed by atoms with Gasteiger partial charge in [-0.2, -0.15) is 0 Å². The minimum Gasteiger partial charge on any atom is -0.497 e. The number of likely N-dealkylation sites (tertiary alicyclic amines) is 1. The smallest absolute Gasteiger partial charge is 0.251 e. The second kappa shape index (κ2) is 11.5. The third-order valence-electron chi connectivity index (χ3n) is 6.47. The number of aliphatic hydroxyl groups excluding tert-OH is 1. The van der Waals surface area contributed by atoms with Crippen molar-refractivity contribution < 1.29 is 24.2 Å². The van der Waals surface area contributed by atoms with Crippen LogP contribution in [0, 0.1) is 5.92 Å². The number of aliphatic hydroxyl groups is 1. The van der Waals surface area contributed by atoms with Gasteiger partial charge < -0.3 is 24.8 Å². The molecule has 2 N–H and O–H groups in total. The van der Waals surface area contributed by atoms with Crippen molar-refractivity contribution in [3.63, 3.8) is 0 Å². The van der Waals surface area contributed by atoms with E-state index in [1.165, 1.54) is 0 Å². The van der Waals surface area contributed by atoms with Gasteiger partial charge in [0.2, 0.25) is 5.91 Å². The Morgan fingerprint density at radius 2 is 1.81 bits per heavy atom. The van der Waals surface area contributed by atoms with Gasteiger partial charge in [-0.15, -0.1) is 0 Å². The molecule has 0 aliphatic carbocycles. The van der Waals surface area contributed by atoms with E-state index in [1.54, 1.807) is 18.1 Å². The molecule has 2 unspecified atom stereocenters. The fourth-order valence-corrected chi connectivity index (χ4v) is 4.55. The minimum absolute atomic E-state index is 0.169. The lowest BCUT2D eigenvalue weighted by molar-refractivity contribution is -0.133. The van der Waals surface area contributed by atoms with Crippen LogP contribution in [0.25, 0.3) is 10.8 Å². The predicted molar refractivity (Wildman–Crippen MR) is 139 cm³/mol. The number of carbonyl (C=O) groups is 2. The van der Waals surface area contributed by atoms with E-state index in [2.05, 4.69) is 5.32 Å². The Labute approximate surface area is 212 Å². The van der Waals surface area contributed by atoms with Gasteiger partial charge >= 0.3 is 0 Å². The first kappa shape index (κ1) is 25.7. The summed E-state index contributed by atoms with van der Waals surface area (Å²) in [5.41, 5.74) is 1.43. The summed E-state index contributed by atoms with van der Waals surface area (Å²) in [4.78, 5) is 28.1. The van der Waals surface area contributed by atoms with Crippen LogP contribution < -0.4 is 10.1 Å². The fraction of sp³-hybridized carbons (Fsp3) is 0.379. The molecule has 0 bridgehead atoms. The van der Waals surface area contributed by atoms with E-state index >= 15 is 0 Å². The summed E-state index contributed by atoms with van der Waals surface area (Å²) in [6.07, 6.45) is -0.799. The Morgan fingerprint density at radius 1 is 1.03 bits per heavy atom. The summed E-state index contributed by atoms with van der Waals surface area (Å²) < 4.78 is 11.2. The first-order valence-electron chi connectivity index (χ1n) is 12.3. The summed E-state index contributed by atoms with van der Waals surface area (Å²) in [7, 11) is 1.61. The molecule has 0 spiro atoms. The molecule has 3 aromatic rings. The molecular weight excluding hydrogens is 456 g/mol. The molecule has 1 fully saturated rings. The van der Waals surface area contributed by atoms with Crippen LogP contribution in [-0.4, -0.2) is 60.3 Å². The average molecular weight is 491 g/mol. The van der Waals surface area contributed by atoms with Crippen molar-refractivity contribution in [3.05, 3.63) is 77.9 Å². The number of nitrogens with zero attached hydrogens (tertiary/aromatic N) is 1. The molecule has 2 amide bonds. The van der Waals surface area contributed by atoms with Crippen LogP contribution in [0.15, 0.2) is 66.7 Å². The molecule has 1 aliphatic rings. The Kier molecular flexibility index (Phi) is 8.23. The van der Waals surface area contributed by atoms with Crippen LogP contribution >= 0.6 is 0 Å². The van der Waals surface area contributed by atoms with Crippen molar-refractivity contribution in [2.75, 3.05) is 20.2 Å². The summed E-state index contributed by atoms with van der Waals surface area (Å²) in [5, 5.41) is 15.5. The van der Waals surface area contributed by atoms with E-state index in [0.29, 0.717) is 18.6 Å². The second-order valence-corrected chi connectivity index (χ2v) is 9.73. The van der Waals surface area contributed by atoms with Crippen molar-refractivity contribution in [2.45, 2.75) is 45.1 Å². The summed E-state index contributed by atoms with van der Waals surface area (Å²) in [6, 6.07) is 20.2. The minimum atomic E-state index is -0.796. The molecule has 4 rings (SSSR count). The summed E-state index contributed by atoms with van der Waals surface area (Å²) >= 11 is 0. The molecule has 36 heavy (non-hydrogen) atoms. The zero-order valence-corrected chi connectivity index (χ0v) is 21.0. The zero-order chi connectivity index (χ0) is 25.7. The maximum atomic E-state index is 13.4. The number of carbonyl (C=O) groups excluding carboxylic acids is 2. The summed E-state index contributed by atoms with van der Waals surface area (Å²) in [5.74, 6) is 0.441. The van der Waals surface area contributed by atoms with E-state index in [-0.39, 0.29) is 30.8 Å². The number of ether oxygens (including phenoxy) is 2. The lowest BCUT2D eigenvalue weighted by Gasteiger charge is -2.25. The van der Waals surface area contributed by atoms with Gasteiger partial charge in [-0.3, -0.25) is 9.59 Å². The highest BCUT2D eigenvalue weighted by molar-refractivity contribution is 6.00. The number of methoxy groups -OCH3 is 1. The van der Waals surface area contributed by atoms with Crippen LogP contribution in [0.4, 0.5) is 0 Å². The Morgan fingerprint density at radius 3 is 2.56 bits per heavy atom. The number of hydrogen-bond acceptors (Lipinski definition) is 5.